The molecule has 3 aromatic rings. The maximum Gasteiger partial charge on any atom is 0.246 e. The van der Waals surface area contributed by atoms with E-state index in [1.165, 1.54) is 12.4 Å². The van der Waals surface area contributed by atoms with E-state index in [1.807, 2.05) is 38.1 Å². The van der Waals surface area contributed by atoms with E-state index in [2.05, 4.69) is 16.0 Å². The van der Waals surface area contributed by atoms with Crippen molar-refractivity contribution in [2.75, 3.05) is 18.7 Å². The number of hydrogen-bond donors (Lipinski definition) is 0. The molecule has 0 radical (unpaired) electrons. The minimum Gasteiger partial charge on any atom is -0.489 e. The van der Waals surface area contributed by atoms with E-state index in [-0.39, 0.29) is 18.4 Å². The molecule has 34 heavy (non-hydrogen) atoms. The van der Waals surface area contributed by atoms with Gasteiger partial charge in [0, 0.05) is 29.6 Å². The Morgan fingerprint density at radius 3 is 2.26 bits per heavy atom. The van der Waals surface area contributed by atoms with Crippen LogP contribution in [0.25, 0.3) is 0 Å². The number of nitriles is 1. The molecule has 0 N–H and O–H groups in total. The SMILES string of the molecule is CC(C)(c1ccc(OCc2cnc(S(C)(=O)=O)nc2)cc1)c1cc(Cl)c(OCCCl)c(C#N)c1. The fourth-order valence-corrected chi connectivity index (χ4v) is 4.07. The van der Waals surface area contributed by atoms with Crippen molar-refractivity contribution in [3.63, 3.8) is 0 Å². The Labute approximate surface area is 209 Å². The highest BCUT2D eigenvalue weighted by Crippen LogP contribution is 2.38. The number of nitrogens with zero attached hydrogens (tertiary/aromatic N) is 3. The third kappa shape index (κ3) is 5.98. The van der Waals surface area contributed by atoms with E-state index < -0.39 is 15.3 Å². The molecule has 0 aliphatic heterocycles. The molecule has 0 saturated heterocycles. The first-order valence-corrected chi connectivity index (χ1v) is 13.0. The zero-order valence-electron chi connectivity index (χ0n) is 18.9. The second-order valence-corrected chi connectivity index (χ2v) is 10.8. The van der Waals surface area contributed by atoms with Gasteiger partial charge in [0.05, 0.1) is 16.5 Å². The number of benzene rings is 2. The van der Waals surface area contributed by atoms with Gasteiger partial charge in [-0.3, -0.25) is 0 Å². The van der Waals surface area contributed by atoms with Crippen LogP contribution < -0.4 is 9.47 Å². The van der Waals surface area contributed by atoms with Crippen molar-refractivity contribution >= 4 is 33.0 Å². The van der Waals surface area contributed by atoms with Crippen molar-refractivity contribution in [3.05, 3.63) is 76.1 Å². The van der Waals surface area contributed by atoms with Gasteiger partial charge in [-0.25, -0.2) is 18.4 Å². The van der Waals surface area contributed by atoms with Crippen LogP contribution in [0, 0.1) is 11.3 Å². The largest absolute Gasteiger partial charge is 0.489 e. The lowest BCUT2D eigenvalue weighted by molar-refractivity contribution is 0.304. The summed E-state index contributed by atoms with van der Waals surface area (Å²) in [6.07, 6.45) is 3.91. The molecule has 178 valence electrons. The number of halogens is 2. The molecule has 1 heterocycles. The molecule has 0 bridgehead atoms. The van der Waals surface area contributed by atoms with Crippen molar-refractivity contribution in [3.8, 4) is 17.6 Å². The van der Waals surface area contributed by atoms with Crippen LogP contribution in [0.5, 0.6) is 11.5 Å². The standard InChI is InChI=1S/C24H23Cl2N3O4S/c1-24(2,19-10-17(12-27)22(21(26)11-19)32-9-8-25)18-4-6-20(7-5-18)33-15-16-13-28-23(29-14-16)34(3,30)31/h4-7,10-11,13-14H,8-9,15H2,1-3H3. The van der Waals surface area contributed by atoms with Crippen LogP contribution >= 0.6 is 23.2 Å². The Kier molecular flexibility index (Phi) is 8.03. The maximum absolute atomic E-state index is 11.5. The summed E-state index contributed by atoms with van der Waals surface area (Å²) in [6, 6.07) is 13.3. The summed E-state index contributed by atoms with van der Waals surface area (Å²) in [6.45, 7) is 4.52. The summed E-state index contributed by atoms with van der Waals surface area (Å²) >= 11 is 12.1. The van der Waals surface area contributed by atoms with Crippen LogP contribution in [0.15, 0.2) is 53.9 Å². The average Bonchev–Trinajstić information content (AvgIpc) is 2.81. The fraction of sp³-hybridized carbons (Fsp3) is 0.292. The zero-order valence-corrected chi connectivity index (χ0v) is 21.2. The van der Waals surface area contributed by atoms with E-state index in [0.717, 1.165) is 17.4 Å². The Morgan fingerprint density at radius 2 is 1.71 bits per heavy atom. The number of ether oxygens (including phenoxy) is 2. The first-order chi connectivity index (χ1) is 16.1. The lowest BCUT2D eigenvalue weighted by atomic mass is 9.77. The molecule has 0 unspecified atom stereocenters. The van der Waals surface area contributed by atoms with Crippen LogP contribution in [0.3, 0.4) is 0 Å². The van der Waals surface area contributed by atoms with Gasteiger partial charge in [-0.05, 0) is 35.4 Å². The van der Waals surface area contributed by atoms with Gasteiger partial charge in [0.25, 0.3) is 0 Å². The highest BCUT2D eigenvalue weighted by atomic mass is 35.5. The van der Waals surface area contributed by atoms with Crippen molar-refractivity contribution in [1.82, 2.24) is 9.97 Å². The Morgan fingerprint density at radius 1 is 1.06 bits per heavy atom. The second-order valence-electron chi connectivity index (χ2n) is 8.07. The van der Waals surface area contributed by atoms with E-state index in [9.17, 15) is 13.7 Å². The molecule has 0 fully saturated rings. The highest BCUT2D eigenvalue weighted by Gasteiger charge is 2.26. The fourth-order valence-electron chi connectivity index (χ4n) is 3.23. The molecule has 0 aliphatic rings. The minimum absolute atomic E-state index is 0.192. The van der Waals surface area contributed by atoms with Gasteiger partial charge in [0.2, 0.25) is 15.0 Å². The molecule has 3 rings (SSSR count). The average molecular weight is 520 g/mol. The summed E-state index contributed by atoms with van der Waals surface area (Å²) in [5.74, 6) is 1.26. The maximum atomic E-state index is 11.5. The van der Waals surface area contributed by atoms with Crippen LogP contribution in [-0.4, -0.2) is 37.1 Å². The van der Waals surface area contributed by atoms with Crippen LogP contribution in [-0.2, 0) is 21.9 Å². The summed E-state index contributed by atoms with van der Waals surface area (Å²) in [5, 5.41) is 9.71. The van der Waals surface area contributed by atoms with Gasteiger partial charge in [0.1, 0.15) is 25.0 Å². The third-order valence-corrected chi connectivity index (χ3v) is 6.51. The Balaban J connectivity index is 1.75. The topological polar surface area (TPSA) is 102 Å². The van der Waals surface area contributed by atoms with Crippen molar-refractivity contribution in [1.29, 1.82) is 5.26 Å². The van der Waals surface area contributed by atoms with Gasteiger partial charge >= 0.3 is 0 Å². The first-order valence-electron chi connectivity index (χ1n) is 10.2. The quantitative estimate of drug-likeness (QED) is 0.291. The molecular formula is C24H23Cl2N3O4S. The van der Waals surface area contributed by atoms with E-state index in [0.29, 0.717) is 33.5 Å². The molecule has 0 aliphatic carbocycles. The van der Waals surface area contributed by atoms with Gasteiger partial charge in [-0.2, -0.15) is 5.26 Å². The number of rotatable bonds is 9. The molecule has 2 aromatic carbocycles. The van der Waals surface area contributed by atoms with Gasteiger partial charge in [-0.1, -0.05) is 37.6 Å². The predicted octanol–water partition coefficient (Wildman–Crippen LogP) is 4.93. The lowest BCUT2D eigenvalue weighted by Crippen LogP contribution is -2.19. The van der Waals surface area contributed by atoms with E-state index >= 15 is 0 Å². The molecule has 0 atom stereocenters. The zero-order chi connectivity index (χ0) is 24.9. The molecule has 0 amide bonds. The normalized spacial score (nSPS) is 11.6. The van der Waals surface area contributed by atoms with Gasteiger partial charge in [-0.15, -0.1) is 11.6 Å². The van der Waals surface area contributed by atoms with Crippen LogP contribution in [0.4, 0.5) is 0 Å². The first kappa shape index (κ1) is 25.8. The highest BCUT2D eigenvalue weighted by molar-refractivity contribution is 7.90. The van der Waals surface area contributed by atoms with E-state index in [4.69, 9.17) is 32.7 Å². The third-order valence-electron chi connectivity index (χ3n) is 5.20. The number of sulfone groups is 1. The number of alkyl halides is 1. The summed E-state index contributed by atoms with van der Waals surface area (Å²) in [7, 11) is -3.44. The second kappa shape index (κ2) is 10.6. The van der Waals surface area contributed by atoms with Crippen molar-refractivity contribution in [2.45, 2.75) is 31.0 Å². The molecule has 10 heteroatoms. The number of aromatic nitrogens is 2. The summed E-state index contributed by atoms with van der Waals surface area (Å²) in [5.41, 5.74) is 2.41. The predicted molar refractivity (Wildman–Crippen MR) is 130 cm³/mol. The Bertz CT molecular complexity index is 1300. The summed E-state index contributed by atoms with van der Waals surface area (Å²) < 4.78 is 34.2. The van der Waals surface area contributed by atoms with Crippen molar-refractivity contribution in [2.24, 2.45) is 0 Å². The van der Waals surface area contributed by atoms with Crippen LogP contribution in [0.2, 0.25) is 5.02 Å². The van der Waals surface area contributed by atoms with Crippen molar-refractivity contribution < 1.29 is 17.9 Å². The van der Waals surface area contributed by atoms with E-state index in [1.54, 1.807) is 12.1 Å². The summed E-state index contributed by atoms with van der Waals surface area (Å²) in [4.78, 5) is 7.72. The monoisotopic (exact) mass is 519 g/mol. The molecule has 1 aromatic heterocycles. The van der Waals surface area contributed by atoms with Gasteiger partial charge in [0.15, 0.2) is 5.75 Å². The Hall–Kier alpha value is -2.86. The lowest BCUT2D eigenvalue weighted by Gasteiger charge is -2.27. The molecule has 0 saturated carbocycles. The molecular weight excluding hydrogens is 497 g/mol. The van der Waals surface area contributed by atoms with Gasteiger partial charge < -0.3 is 9.47 Å². The van der Waals surface area contributed by atoms with Crippen LogP contribution in [0.1, 0.15) is 36.1 Å². The molecule has 0 spiro atoms. The molecule has 7 nitrogen and oxygen atoms in total. The minimum atomic E-state index is -3.44. The smallest absolute Gasteiger partial charge is 0.246 e. The number of hydrogen-bond acceptors (Lipinski definition) is 7.